The molecule has 1 N–H and O–H groups in total. The molecule has 0 aliphatic carbocycles. The van der Waals surface area contributed by atoms with Crippen LogP contribution in [-0.2, 0) is 12.8 Å². The highest BCUT2D eigenvalue weighted by atomic mass is 15.0. The summed E-state index contributed by atoms with van der Waals surface area (Å²) in [5.74, 6) is 0. The van der Waals surface area contributed by atoms with Crippen molar-refractivity contribution in [3.8, 4) is 0 Å². The van der Waals surface area contributed by atoms with Gasteiger partial charge in [0.05, 0.1) is 6.04 Å². The van der Waals surface area contributed by atoms with Gasteiger partial charge in [-0.05, 0) is 50.2 Å². The topological polar surface area (TPSA) is 43.8 Å². The van der Waals surface area contributed by atoms with E-state index >= 15 is 0 Å². The number of H-pyrrole nitrogens is 1. The lowest BCUT2D eigenvalue weighted by atomic mass is 10.0. The third kappa shape index (κ3) is 2.80. The molecule has 4 heteroatoms. The van der Waals surface area contributed by atoms with E-state index in [9.17, 15) is 0 Å². The lowest BCUT2D eigenvalue weighted by Gasteiger charge is -2.09. The summed E-state index contributed by atoms with van der Waals surface area (Å²) in [6, 6.07) is 6.84. The molecule has 20 heavy (non-hydrogen) atoms. The van der Waals surface area contributed by atoms with Gasteiger partial charge in [-0.25, -0.2) is 4.99 Å². The fourth-order valence-electron chi connectivity index (χ4n) is 2.55. The molecule has 1 aliphatic heterocycles. The summed E-state index contributed by atoms with van der Waals surface area (Å²) in [7, 11) is 4.22. The van der Waals surface area contributed by atoms with Gasteiger partial charge in [-0.1, -0.05) is 6.07 Å². The van der Waals surface area contributed by atoms with E-state index in [1.54, 1.807) is 6.34 Å². The minimum atomic E-state index is 0.205. The van der Waals surface area contributed by atoms with Gasteiger partial charge in [0, 0.05) is 29.9 Å². The monoisotopic (exact) mass is 268 g/mol. The fourth-order valence-corrected chi connectivity index (χ4v) is 2.55. The van der Waals surface area contributed by atoms with Crippen LogP contribution in [0.15, 0.2) is 34.4 Å². The van der Waals surface area contributed by atoms with E-state index in [-0.39, 0.29) is 6.04 Å². The van der Waals surface area contributed by atoms with Gasteiger partial charge >= 0.3 is 0 Å². The van der Waals surface area contributed by atoms with Crippen molar-refractivity contribution in [3.63, 3.8) is 0 Å². The van der Waals surface area contributed by atoms with Gasteiger partial charge in [-0.15, -0.1) is 0 Å². The van der Waals surface area contributed by atoms with Gasteiger partial charge in [0.2, 0.25) is 0 Å². The van der Waals surface area contributed by atoms with Crippen molar-refractivity contribution >= 4 is 23.5 Å². The maximum absolute atomic E-state index is 4.32. The van der Waals surface area contributed by atoms with Crippen molar-refractivity contribution in [2.75, 3.05) is 20.6 Å². The van der Waals surface area contributed by atoms with Gasteiger partial charge in [0.15, 0.2) is 0 Å². The maximum Gasteiger partial charge on any atom is 0.110 e. The molecule has 0 bridgehead atoms. The zero-order valence-electron chi connectivity index (χ0n) is 12.0. The first-order valence-electron chi connectivity index (χ1n) is 7.01. The normalized spacial score (nSPS) is 17.6. The minimum Gasteiger partial charge on any atom is -0.361 e. The molecule has 1 aromatic heterocycles. The lowest BCUT2D eigenvalue weighted by molar-refractivity contribution is 0.414. The molecule has 1 aromatic carbocycles. The molecule has 1 unspecified atom stereocenters. The Balaban J connectivity index is 1.82. The molecular weight excluding hydrogens is 248 g/mol. The molecule has 2 aromatic rings. The Bertz CT molecular complexity index is 640. The Morgan fingerprint density at radius 3 is 2.95 bits per heavy atom. The van der Waals surface area contributed by atoms with Crippen LogP contribution in [0, 0.1) is 0 Å². The smallest absolute Gasteiger partial charge is 0.110 e. The Morgan fingerprint density at radius 2 is 2.20 bits per heavy atom. The number of nitrogens with zero attached hydrogens (tertiary/aromatic N) is 3. The molecule has 4 nitrogen and oxygen atoms in total. The van der Waals surface area contributed by atoms with E-state index in [4.69, 9.17) is 0 Å². The summed E-state index contributed by atoms with van der Waals surface area (Å²) in [5, 5.41) is 1.34. The van der Waals surface area contributed by atoms with E-state index in [0.29, 0.717) is 0 Å². The van der Waals surface area contributed by atoms with Crippen molar-refractivity contribution in [3.05, 3.63) is 35.5 Å². The second kappa shape index (κ2) is 5.59. The van der Waals surface area contributed by atoms with Crippen LogP contribution in [0.3, 0.4) is 0 Å². The lowest BCUT2D eigenvalue weighted by Crippen LogP contribution is -2.14. The highest BCUT2D eigenvalue weighted by Gasteiger charge is 2.10. The van der Waals surface area contributed by atoms with Crippen molar-refractivity contribution < 1.29 is 0 Å². The Hall–Kier alpha value is -1.94. The third-order valence-corrected chi connectivity index (χ3v) is 3.69. The summed E-state index contributed by atoms with van der Waals surface area (Å²) in [6.07, 6.45) is 7.68. The fraction of sp³-hybridized carbons (Fsp3) is 0.375. The van der Waals surface area contributed by atoms with Crippen LogP contribution < -0.4 is 0 Å². The zero-order valence-corrected chi connectivity index (χ0v) is 12.0. The molecule has 1 atom stereocenters. The van der Waals surface area contributed by atoms with Crippen molar-refractivity contribution in [1.82, 2.24) is 9.88 Å². The highest BCUT2D eigenvalue weighted by Crippen LogP contribution is 2.21. The van der Waals surface area contributed by atoms with E-state index in [1.165, 1.54) is 22.0 Å². The second-order valence-electron chi connectivity index (χ2n) is 5.58. The molecule has 0 fully saturated rings. The highest BCUT2D eigenvalue weighted by molar-refractivity contribution is 5.85. The summed E-state index contributed by atoms with van der Waals surface area (Å²) in [5.41, 5.74) is 3.92. The average molecular weight is 268 g/mol. The van der Waals surface area contributed by atoms with Crippen LogP contribution in [0.2, 0.25) is 0 Å². The molecule has 3 rings (SSSR count). The number of hydrogen-bond acceptors (Lipinski definition) is 3. The molecule has 104 valence electrons. The van der Waals surface area contributed by atoms with E-state index in [0.717, 1.165) is 19.4 Å². The quantitative estimate of drug-likeness (QED) is 0.888. The molecule has 0 saturated carbocycles. The van der Waals surface area contributed by atoms with Gasteiger partial charge in [0.1, 0.15) is 6.34 Å². The number of likely N-dealkylation sites (N-methyl/N-ethyl adjacent to an activating group) is 1. The second-order valence-corrected chi connectivity index (χ2v) is 5.58. The van der Waals surface area contributed by atoms with Crippen LogP contribution in [0.4, 0.5) is 0 Å². The largest absolute Gasteiger partial charge is 0.361 e. The number of benzene rings is 1. The van der Waals surface area contributed by atoms with E-state index in [1.807, 2.05) is 6.21 Å². The number of nitrogens with one attached hydrogen (secondary N) is 1. The molecule has 0 saturated heterocycles. The van der Waals surface area contributed by atoms with Crippen LogP contribution >= 0.6 is 0 Å². The predicted molar refractivity (Wildman–Crippen MR) is 85.0 cm³/mol. The first kappa shape index (κ1) is 13.1. The molecule has 1 aliphatic rings. The predicted octanol–water partition coefficient (Wildman–Crippen LogP) is 2.30. The van der Waals surface area contributed by atoms with Crippen molar-refractivity contribution in [1.29, 1.82) is 0 Å². The van der Waals surface area contributed by atoms with E-state index in [2.05, 4.69) is 58.4 Å². The molecule has 0 spiro atoms. The summed E-state index contributed by atoms with van der Waals surface area (Å²) >= 11 is 0. The standard InChI is InChI=1S/C16H20N4/c1-20(2)6-5-13-9-18-16-4-3-12(8-15(13)16)7-14-10-17-11-19-14/h3-4,8-11,14,18H,5-7H2,1-2H3. The van der Waals surface area contributed by atoms with E-state index < -0.39 is 0 Å². The van der Waals surface area contributed by atoms with Crippen molar-refractivity contribution in [2.45, 2.75) is 18.9 Å². The molecule has 0 radical (unpaired) electrons. The summed E-state index contributed by atoms with van der Waals surface area (Å²) in [4.78, 5) is 13.9. The Morgan fingerprint density at radius 1 is 1.30 bits per heavy atom. The number of rotatable bonds is 5. The first-order valence-corrected chi connectivity index (χ1v) is 7.01. The average Bonchev–Trinajstić information content (AvgIpc) is 3.05. The van der Waals surface area contributed by atoms with Gasteiger partial charge in [-0.2, -0.15) is 0 Å². The summed E-state index contributed by atoms with van der Waals surface area (Å²) in [6.45, 7) is 1.07. The van der Waals surface area contributed by atoms with Crippen LogP contribution in [-0.4, -0.2) is 49.1 Å². The van der Waals surface area contributed by atoms with Crippen LogP contribution in [0.5, 0.6) is 0 Å². The van der Waals surface area contributed by atoms with Crippen LogP contribution in [0.25, 0.3) is 10.9 Å². The third-order valence-electron chi connectivity index (χ3n) is 3.69. The number of aliphatic imine (C=N–C) groups is 2. The Kier molecular flexibility index (Phi) is 3.65. The number of aromatic amines is 1. The SMILES string of the molecule is CN(C)CCc1c[nH]c2ccc(CC3C=NC=N3)cc12. The number of fused-ring (bicyclic) bond motifs is 1. The van der Waals surface area contributed by atoms with Gasteiger partial charge < -0.3 is 9.88 Å². The zero-order chi connectivity index (χ0) is 13.9. The maximum atomic E-state index is 4.32. The minimum absolute atomic E-state index is 0.205. The number of aromatic nitrogens is 1. The van der Waals surface area contributed by atoms with Crippen molar-refractivity contribution in [2.24, 2.45) is 9.98 Å². The first-order chi connectivity index (χ1) is 9.72. The molecule has 0 amide bonds. The van der Waals surface area contributed by atoms with Crippen LogP contribution in [0.1, 0.15) is 11.1 Å². The van der Waals surface area contributed by atoms with Gasteiger partial charge in [0.25, 0.3) is 0 Å². The summed E-state index contributed by atoms with van der Waals surface area (Å²) < 4.78 is 0. The number of hydrogen-bond donors (Lipinski definition) is 1. The Labute approximate surface area is 119 Å². The molecule has 2 heterocycles. The van der Waals surface area contributed by atoms with Gasteiger partial charge in [-0.3, -0.25) is 4.99 Å². The molecular formula is C16H20N4.